The second-order valence-corrected chi connectivity index (χ2v) is 12.5. The minimum absolute atomic E-state index is 0.0417. The topological polar surface area (TPSA) is 110 Å². The molecular formula is C27H43F3N4O5S. The van der Waals surface area contributed by atoms with Crippen LogP contribution >= 0.6 is 0 Å². The van der Waals surface area contributed by atoms with Crippen molar-refractivity contribution in [2.45, 2.75) is 63.4 Å². The summed E-state index contributed by atoms with van der Waals surface area (Å²) >= 11 is 0. The van der Waals surface area contributed by atoms with Gasteiger partial charge in [0.15, 0.2) is 0 Å². The number of nitrogens with zero attached hydrogens (tertiary/aromatic N) is 3. The monoisotopic (exact) mass is 592 g/mol. The Morgan fingerprint density at radius 1 is 1.00 bits per heavy atom. The second kappa shape index (κ2) is 16.3. The molecule has 0 bridgehead atoms. The van der Waals surface area contributed by atoms with Gasteiger partial charge < -0.3 is 20.2 Å². The fourth-order valence-electron chi connectivity index (χ4n) is 4.72. The van der Waals surface area contributed by atoms with Crippen LogP contribution in [0.25, 0.3) is 0 Å². The van der Waals surface area contributed by atoms with Gasteiger partial charge >= 0.3 is 12.1 Å². The van der Waals surface area contributed by atoms with Gasteiger partial charge in [-0.1, -0.05) is 32.4 Å². The molecule has 0 atom stereocenters. The molecule has 0 aliphatic carbocycles. The molecule has 2 aliphatic heterocycles. The lowest BCUT2D eigenvalue weighted by Crippen LogP contribution is -2.47. The van der Waals surface area contributed by atoms with Crippen LogP contribution in [0.2, 0.25) is 0 Å². The highest BCUT2D eigenvalue weighted by Gasteiger charge is 2.38. The molecule has 0 spiro atoms. The lowest BCUT2D eigenvalue weighted by Gasteiger charge is -2.30. The van der Waals surface area contributed by atoms with Gasteiger partial charge in [0.25, 0.3) is 0 Å². The van der Waals surface area contributed by atoms with Crippen molar-refractivity contribution in [2.24, 2.45) is 5.92 Å². The SMILES string of the molecule is CC(C)Cc1ccc(S(=O)(=O)N(CCCN2CCCCC2)CCC(=O)N2CCNCC2)cc1.O=C(O)C(F)(F)F. The first-order valence-electron chi connectivity index (χ1n) is 13.9. The van der Waals surface area contributed by atoms with E-state index in [1.807, 2.05) is 17.0 Å². The Hall–Kier alpha value is -2.22. The number of benzene rings is 1. The van der Waals surface area contributed by atoms with Gasteiger partial charge in [-0.05, 0) is 68.9 Å². The average Bonchev–Trinajstić information content (AvgIpc) is 2.91. The smallest absolute Gasteiger partial charge is 0.475 e. The molecule has 228 valence electrons. The highest BCUT2D eigenvalue weighted by molar-refractivity contribution is 7.89. The maximum absolute atomic E-state index is 13.5. The molecule has 0 unspecified atom stereocenters. The number of piperidine rings is 1. The number of carbonyl (C=O) groups is 2. The van der Waals surface area contributed by atoms with Crippen LogP contribution in [0, 0.1) is 5.92 Å². The van der Waals surface area contributed by atoms with E-state index in [0.717, 1.165) is 51.1 Å². The molecule has 0 radical (unpaired) electrons. The zero-order valence-corrected chi connectivity index (χ0v) is 24.3. The van der Waals surface area contributed by atoms with Crippen molar-refractivity contribution >= 4 is 21.9 Å². The fourth-order valence-corrected chi connectivity index (χ4v) is 6.20. The third-order valence-corrected chi connectivity index (χ3v) is 8.74. The van der Waals surface area contributed by atoms with Gasteiger partial charge in [-0.2, -0.15) is 17.5 Å². The molecule has 2 fully saturated rings. The van der Waals surface area contributed by atoms with Gasteiger partial charge in [0, 0.05) is 45.7 Å². The largest absolute Gasteiger partial charge is 0.490 e. The van der Waals surface area contributed by atoms with Crippen LogP contribution in [0.15, 0.2) is 29.2 Å². The predicted molar refractivity (Wildman–Crippen MR) is 146 cm³/mol. The van der Waals surface area contributed by atoms with Crippen LogP contribution in [0.1, 0.15) is 51.5 Å². The Bertz CT molecular complexity index is 1020. The summed E-state index contributed by atoms with van der Waals surface area (Å²) in [6.07, 6.45) is 0.603. The summed E-state index contributed by atoms with van der Waals surface area (Å²) in [5.74, 6) is -2.19. The molecular weight excluding hydrogens is 549 g/mol. The average molecular weight is 593 g/mol. The Morgan fingerprint density at radius 3 is 2.10 bits per heavy atom. The highest BCUT2D eigenvalue weighted by Crippen LogP contribution is 2.20. The normalized spacial score (nSPS) is 17.0. The van der Waals surface area contributed by atoms with Crippen LogP contribution in [-0.2, 0) is 26.0 Å². The summed E-state index contributed by atoms with van der Waals surface area (Å²) in [7, 11) is -3.64. The number of nitrogens with one attached hydrogen (secondary N) is 1. The number of piperazine rings is 1. The van der Waals surface area contributed by atoms with Crippen LogP contribution in [0.5, 0.6) is 0 Å². The number of sulfonamides is 1. The number of carboxylic acids is 1. The summed E-state index contributed by atoms with van der Waals surface area (Å²) in [5.41, 5.74) is 1.15. The van der Waals surface area contributed by atoms with Crippen LogP contribution in [-0.4, -0.2) is 105 Å². The van der Waals surface area contributed by atoms with Crippen molar-refractivity contribution in [3.63, 3.8) is 0 Å². The van der Waals surface area contributed by atoms with Gasteiger partial charge in [0.1, 0.15) is 0 Å². The molecule has 0 saturated carbocycles. The van der Waals surface area contributed by atoms with Gasteiger partial charge in [0.05, 0.1) is 4.90 Å². The van der Waals surface area contributed by atoms with E-state index in [-0.39, 0.29) is 18.9 Å². The van der Waals surface area contributed by atoms with E-state index in [9.17, 15) is 26.4 Å². The summed E-state index contributed by atoms with van der Waals surface area (Å²) in [4.78, 5) is 26.2. The zero-order chi connectivity index (χ0) is 29.8. The Balaban J connectivity index is 0.000000708. The second-order valence-electron chi connectivity index (χ2n) is 10.6. The number of hydrogen-bond donors (Lipinski definition) is 2. The minimum atomic E-state index is -5.08. The third-order valence-electron chi connectivity index (χ3n) is 6.82. The molecule has 40 heavy (non-hydrogen) atoms. The molecule has 2 saturated heterocycles. The van der Waals surface area contributed by atoms with Crippen molar-refractivity contribution in [1.82, 2.24) is 19.4 Å². The van der Waals surface area contributed by atoms with E-state index in [0.29, 0.717) is 30.4 Å². The Labute approximate surface area is 235 Å². The van der Waals surface area contributed by atoms with E-state index in [4.69, 9.17) is 9.90 Å². The van der Waals surface area contributed by atoms with E-state index >= 15 is 0 Å². The van der Waals surface area contributed by atoms with Crippen LogP contribution < -0.4 is 5.32 Å². The fraction of sp³-hybridized carbons (Fsp3) is 0.704. The van der Waals surface area contributed by atoms with E-state index in [1.165, 1.54) is 23.6 Å². The number of halogens is 3. The molecule has 1 aromatic carbocycles. The predicted octanol–water partition coefficient (Wildman–Crippen LogP) is 3.21. The van der Waals surface area contributed by atoms with Crippen molar-refractivity contribution in [3.8, 4) is 0 Å². The number of carbonyl (C=O) groups excluding carboxylic acids is 1. The summed E-state index contributed by atoms with van der Waals surface area (Å²) in [5, 5.41) is 10.4. The maximum atomic E-state index is 13.5. The molecule has 13 heteroatoms. The van der Waals surface area contributed by atoms with Crippen LogP contribution in [0.3, 0.4) is 0 Å². The summed E-state index contributed by atoms with van der Waals surface area (Å²) in [6.45, 7) is 11.1. The highest BCUT2D eigenvalue weighted by atomic mass is 32.2. The number of hydrogen-bond acceptors (Lipinski definition) is 6. The summed E-state index contributed by atoms with van der Waals surface area (Å²) < 4.78 is 60.3. The van der Waals surface area contributed by atoms with Crippen molar-refractivity contribution < 1.29 is 36.3 Å². The molecule has 1 aromatic rings. The third kappa shape index (κ3) is 11.7. The number of carboxylic acid groups (broad SMARTS) is 1. The first-order valence-corrected chi connectivity index (χ1v) is 15.3. The molecule has 2 N–H and O–H groups in total. The van der Waals surface area contributed by atoms with Gasteiger partial charge in [-0.3, -0.25) is 4.79 Å². The van der Waals surface area contributed by atoms with Crippen molar-refractivity contribution in [3.05, 3.63) is 29.8 Å². The molecule has 2 aliphatic rings. The first kappa shape index (κ1) is 34.0. The Kier molecular flexibility index (Phi) is 13.8. The van der Waals surface area contributed by atoms with Crippen LogP contribution in [0.4, 0.5) is 13.2 Å². The van der Waals surface area contributed by atoms with E-state index < -0.39 is 22.2 Å². The van der Waals surface area contributed by atoms with E-state index in [1.54, 1.807) is 12.1 Å². The number of rotatable bonds is 11. The maximum Gasteiger partial charge on any atom is 0.490 e. The van der Waals surface area contributed by atoms with Crippen molar-refractivity contribution in [2.75, 3.05) is 58.9 Å². The van der Waals surface area contributed by atoms with Gasteiger partial charge in [-0.15, -0.1) is 0 Å². The lowest BCUT2D eigenvalue weighted by molar-refractivity contribution is -0.192. The first-order chi connectivity index (χ1) is 18.8. The number of alkyl halides is 3. The lowest BCUT2D eigenvalue weighted by atomic mass is 10.0. The molecule has 0 aromatic heterocycles. The summed E-state index contributed by atoms with van der Waals surface area (Å²) in [6, 6.07) is 7.29. The molecule has 9 nitrogen and oxygen atoms in total. The van der Waals surface area contributed by atoms with Crippen molar-refractivity contribution in [1.29, 1.82) is 0 Å². The molecule has 1 amide bonds. The number of likely N-dealkylation sites (tertiary alicyclic amines) is 1. The van der Waals surface area contributed by atoms with Gasteiger partial charge in [-0.25, -0.2) is 13.2 Å². The zero-order valence-electron chi connectivity index (χ0n) is 23.5. The molecule has 2 heterocycles. The quantitative estimate of drug-likeness (QED) is 0.406. The standard InChI is InChI=1S/C25H42N4O3S.C2HF3O2/c1-22(2)21-23-7-9-24(10-8-23)33(31,32)29(17-6-16-27-14-4-3-5-15-27)18-11-25(30)28-19-12-26-13-20-28;3-2(4,5)1(6)7/h7-10,22,26H,3-6,11-21H2,1-2H3;(H,6,7). The van der Waals surface area contributed by atoms with E-state index in [2.05, 4.69) is 24.1 Å². The number of aliphatic carboxylic acids is 1. The number of amides is 1. The minimum Gasteiger partial charge on any atom is -0.475 e. The molecule has 3 rings (SSSR count). The Morgan fingerprint density at radius 2 is 1.57 bits per heavy atom. The van der Waals surface area contributed by atoms with Gasteiger partial charge in [0.2, 0.25) is 15.9 Å².